The van der Waals surface area contributed by atoms with E-state index in [4.69, 9.17) is 9.72 Å². The molecule has 2 N–H and O–H groups in total. The first-order valence-corrected chi connectivity index (χ1v) is 14.5. The van der Waals surface area contributed by atoms with Crippen molar-refractivity contribution < 1.29 is 19.4 Å². The Morgan fingerprint density at radius 1 is 1.21 bits per heavy atom. The molecule has 5 rings (SSSR count). The molecule has 0 spiro atoms. The summed E-state index contributed by atoms with van der Waals surface area (Å²) in [6.45, 7) is 9.74. The summed E-state index contributed by atoms with van der Waals surface area (Å²) in [5.74, 6) is 0.461. The number of fused-ring (bicyclic) bond motifs is 2. The van der Waals surface area contributed by atoms with E-state index in [-0.39, 0.29) is 40.9 Å². The van der Waals surface area contributed by atoms with Crippen LogP contribution < -0.4 is 10.1 Å². The van der Waals surface area contributed by atoms with Crippen molar-refractivity contribution >= 4 is 28.3 Å². The lowest BCUT2D eigenvalue weighted by molar-refractivity contribution is -0.146. The molecule has 2 aromatic rings. The zero-order chi connectivity index (χ0) is 27.2. The van der Waals surface area contributed by atoms with Gasteiger partial charge in [-0.2, -0.15) is 0 Å². The number of piperazine rings is 1. The van der Waals surface area contributed by atoms with Crippen LogP contribution in [-0.4, -0.2) is 78.1 Å². The largest absolute Gasteiger partial charge is 0.497 e. The summed E-state index contributed by atoms with van der Waals surface area (Å²) in [5, 5.41) is 15.3. The number of likely N-dealkylation sites (N-methyl/N-ethyl adjacent to an activating group) is 1. The quantitative estimate of drug-likeness (QED) is 0.598. The summed E-state index contributed by atoms with van der Waals surface area (Å²) < 4.78 is 5.18. The predicted molar refractivity (Wildman–Crippen MR) is 149 cm³/mol. The number of thiazole rings is 1. The molecule has 0 bridgehead atoms. The molecule has 8 nitrogen and oxygen atoms in total. The summed E-state index contributed by atoms with van der Waals surface area (Å²) in [6.07, 6.45) is 2.08. The first-order chi connectivity index (χ1) is 18.1. The van der Waals surface area contributed by atoms with Crippen LogP contribution in [0.2, 0.25) is 0 Å². The van der Waals surface area contributed by atoms with Crippen molar-refractivity contribution in [1.82, 2.24) is 14.8 Å². The fraction of sp³-hybridized carbons (Fsp3) is 0.621. The number of aliphatic hydroxyl groups is 1. The van der Waals surface area contributed by atoms with Gasteiger partial charge < -0.3 is 19.6 Å². The molecule has 2 fully saturated rings. The molecule has 1 saturated heterocycles. The van der Waals surface area contributed by atoms with Crippen LogP contribution in [0, 0.1) is 23.2 Å². The number of carbonyl (C=O) groups excluding carboxylic acids is 2. The molecule has 0 radical (unpaired) electrons. The number of nitrogens with zero attached hydrogens (tertiary/aromatic N) is 3. The highest BCUT2D eigenvalue weighted by atomic mass is 32.1. The molecule has 6 atom stereocenters. The van der Waals surface area contributed by atoms with Crippen LogP contribution in [0.4, 0.5) is 5.13 Å². The highest BCUT2D eigenvalue weighted by Gasteiger charge is 2.54. The van der Waals surface area contributed by atoms with Gasteiger partial charge in [0.2, 0.25) is 5.91 Å². The molecule has 9 heteroatoms. The van der Waals surface area contributed by atoms with Gasteiger partial charge in [0, 0.05) is 48.5 Å². The first kappa shape index (κ1) is 27.1. The normalized spacial score (nSPS) is 30.2. The van der Waals surface area contributed by atoms with Gasteiger partial charge in [0.25, 0.3) is 5.91 Å². The van der Waals surface area contributed by atoms with Crippen molar-refractivity contribution in [2.24, 2.45) is 23.2 Å². The Hall–Kier alpha value is -2.49. The highest BCUT2D eigenvalue weighted by Crippen LogP contribution is 2.57. The number of amides is 2. The van der Waals surface area contributed by atoms with Crippen LogP contribution in [0.1, 0.15) is 60.5 Å². The lowest BCUT2D eigenvalue weighted by Crippen LogP contribution is -2.55. The number of benzene rings is 1. The molecule has 0 unspecified atom stereocenters. The van der Waals surface area contributed by atoms with Gasteiger partial charge in [-0.1, -0.05) is 20.8 Å². The third-order valence-electron chi connectivity index (χ3n) is 9.34. The summed E-state index contributed by atoms with van der Waals surface area (Å²) in [4.78, 5) is 36.5. The third kappa shape index (κ3) is 4.96. The van der Waals surface area contributed by atoms with Gasteiger partial charge >= 0.3 is 0 Å². The number of aromatic nitrogens is 1. The average molecular weight is 541 g/mol. The van der Waals surface area contributed by atoms with Gasteiger partial charge in [0.15, 0.2) is 5.13 Å². The number of ether oxygens (including phenoxy) is 1. The van der Waals surface area contributed by atoms with Gasteiger partial charge in [-0.25, -0.2) is 4.98 Å². The predicted octanol–water partition coefficient (Wildman–Crippen LogP) is 3.87. The minimum absolute atomic E-state index is 0.0173. The Kier molecular flexibility index (Phi) is 7.55. The Morgan fingerprint density at radius 2 is 1.89 bits per heavy atom. The van der Waals surface area contributed by atoms with Gasteiger partial charge in [0.1, 0.15) is 5.75 Å². The number of hydrogen-bond acceptors (Lipinski definition) is 7. The summed E-state index contributed by atoms with van der Waals surface area (Å²) in [7, 11) is 3.68. The SMILES string of the molecule is COc1ccc(C(=O)Nc2nc3c(s2)C[C@@]2(C)CC[C@H]([C@H](C)C(=O)N4CCN(C)CC4)[C@H](O)[C@H]2[C@@H]3C)cc1. The van der Waals surface area contributed by atoms with E-state index in [0.717, 1.165) is 51.1 Å². The Balaban J connectivity index is 1.31. The zero-order valence-corrected chi connectivity index (χ0v) is 23.9. The molecule has 1 aliphatic heterocycles. The number of hydrogen-bond donors (Lipinski definition) is 2. The van der Waals surface area contributed by atoms with E-state index in [2.05, 4.69) is 31.1 Å². The molecule has 3 aliphatic rings. The number of nitrogens with one attached hydrogen (secondary N) is 1. The average Bonchev–Trinajstić information content (AvgIpc) is 3.30. The number of rotatable bonds is 5. The maximum atomic E-state index is 13.4. The standard InChI is InChI=1S/C29H40N4O4S/c1-17(27(36)33-14-12-32(4)13-15-33)21-10-11-29(3)16-22-24(18(2)23(29)25(21)34)30-28(38-22)31-26(35)19-6-8-20(37-5)9-7-19/h6-9,17-18,21,23,25,34H,10-16H2,1-5H3,(H,30,31,35)/t17-,18-,21+,23+,25-,29+/m0/s1. The third-order valence-corrected chi connectivity index (χ3v) is 10.3. The zero-order valence-electron chi connectivity index (χ0n) is 23.1. The molecule has 206 valence electrons. The van der Waals surface area contributed by atoms with Crippen molar-refractivity contribution in [3.05, 3.63) is 40.4 Å². The van der Waals surface area contributed by atoms with Crippen LogP contribution >= 0.6 is 11.3 Å². The fourth-order valence-electron chi connectivity index (χ4n) is 7.01. The van der Waals surface area contributed by atoms with Crippen molar-refractivity contribution in [2.75, 3.05) is 45.7 Å². The van der Waals surface area contributed by atoms with Crippen molar-refractivity contribution in [1.29, 1.82) is 0 Å². The Bertz CT molecular complexity index is 1180. The number of aliphatic hydroxyl groups excluding tert-OH is 1. The number of carbonyl (C=O) groups is 2. The van der Waals surface area contributed by atoms with Crippen LogP contribution in [0.3, 0.4) is 0 Å². The second-order valence-corrected chi connectivity index (χ2v) is 12.8. The van der Waals surface area contributed by atoms with Gasteiger partial charge in [0.05, 0.1) is 18.9 Å². The maximum Gasteiger partial charge on any atom is 0.257 e. The lowest BCUT2D eigenvalue weighted by Gasteiger charge is -2.53. The van der Waals surface area contributed by atoms with E-state index in [9.17, 15) is 14.7 Å². The summed E-state index contributed by atoms with van der Waals surface area (Å²) >= 11 is 1.54. The molecule has 2 amide bonds. The molecular formula is C29H40N4O4S. The van der Waals surface area contributed by atoms with Crippen molar-refractivity contribution in [3.8, 4) is 5.75 Å². The van der Waals surface area contributed by atoms with E-state index >= 15 is 0 Å². The van der Waals surface area contributed by atoms with Gasteiger partial charge in [-0.15, -0.1) is 11.3 Å². The summed E-state index contributed by atoms with van der Waals surface area (Å²) in [6, 6.07) is 7.01. The topological polar surface area (TPSA) is 95.0 Å². The van der Waals surface area contributed by atoms with Crippen LogP contribution in [0.25, 0.3) is 0 Å². The van der Waals surface area contributed by atoms with E-state index < -0.39 is 6.10 Å². The molecule has 38 heavy (non-hydrogen) atoms. The minimum atomic E-state index is -0.567. The minimum Gasteiger partial charge on any atom is -0.497 e. The lowest BCUT2D eigenvalue weighted by atomic mass is 9.53. The van der Waals surface area contributed by atoms with Gasteiger partial charge in [-0.05, 0) is 67.8 Å². The Morgan fingerprint density at radius 3 is 2.55 bits per heavy atom. The first-order valence-electron chi connectivity index (χ1n) is 13.7. The molecule has 1 saturated carbocycles. The monoisotopic (exact) mass is 540 g/mol. The fourth-order valence-corrected chi connectivity index (χ4v) is 8.27. The molecule has 2 heterocycles. The molecule has 1 aromatic carbocycles. The molecule has 2 aliphatic carbocycles. The van der Waals surface area contributed by atoms with E-state index in [1.807, 2.05) is 11.8 Å². The number of anilines is 1. The second kappa shape index (κ2) is 10.6. The maximum absolute atomic E-state index is 13.4. The number of methoxy groups -OCH3 is 1. The second-order valence-electron chi connectivity index (χ2n) is 11.8. The van der Waals surface area contributed by atoms with Crippen molar-refractivity contribution in [3.63, 3.8) is 0 Å². The van der Waals surface area contributed by atoms with Crippen LogP contribution in [0.15, 0.2) is 24.3 Å². The Labute approximate surface area is 229 Å². The van der Waals surface area contributed by atoms with E-state index in [0.29, 0.717) is 16.4 Å². The van der Waals surface area contributed by atoms with Crippen LogP contribution in [0.5, 0.6) is 5.75 Å². The highest BCUT2D eigenvalue weighted by molar-refractivity contribution is 7.15. The summed E-state index contributed by atoms with van der Waals surface area (Å²) in [5.41, 5.74) is 1.45. The van der Waals surface area contributed by atoms with E-state index in [1.165, 1.54) is 4.88 Å². The molecular weight excluding hydrogens is 500 g/mol. The van der Waals surface area contributed by atoms with Gasteiger partial charge in [-0.3, -0.25) is 14.9 Å². The molecule has 1 aromatic heterocycles. The smallest absolute Gasteiger partial charge is 0.257 e. The van der Waals surface area contributed by atoms with Crippen molar-refractivity contribution in [2.45, 2.75) is 52.1 Å². The van der Waals surface area contributed by atoms with Crippen LogP contribution in [-0.2, 0) is 11.2 Å². The van der Waals surface area contributed by atoms with E-state index in [1.54, 1.807) is 42.7 Å².